The molecule has 1 fully saturated rings. The molecule has 2 N–H and O–H groups in total. The number of halogens is 1. The molecule has 1 aliphatic heterocycles. The van der Waals surface area contributed by atoms with Crippen LogP contribution in [-0.2, 0) is 0 Å². The maximum Gasteiger partial charge on any atom is 0.256 e. The van der Waals surface area contributed by atoms with E-state index in [1.54, 1.807) is 6.07 Å². The molecule has 1 aliphatic rings. The molecule has 1 unspecified atom stereocenters. The molecule has 0 aliphatic carbocycles. The van der Waals surface area contributed by atoms with E-state index < -0.39 is 0 Å². The van der Waals surface area contributed by atoms with E-state index in [-0.39, 0.29) is 11.1 Å². The van der Waals surface area contributed by atoms with Gasteiger partial charge in [-0.2, -0.15) is 0 Å². The van der Waals surface area contributed by atoms with Gasteiger partial charge in [0.05, 0.1) is 11.8 Å². The van der Waals surface area contributed by atoms with Gasteiger partial charge in [0.2, 0.25) is 5.22 Å². The Kier molecular flexibility index (Phi) is 3.85. The van der Waals surface area contributed by atoms with Crippen LogP contribution in [0.2, 0.25) is 5.22 Å². The highest BCUT2D eigenvalue weighted by Gasteiger charge is 2.15. The van der Waals surface area contributed by atoms with Gasteiger partial charge in [0.15, 0.2) is 0 Å². The van der Waals surface area contributed by atoms with Crippen LogP contribution in [-0.4, -0.2) is 25.0 Å². The van der Waals surface area contributed by atoms with Crippen LogP contribution in [0.1, 0.15) is 29.6 Å². The van der Waals surface area contributed by atoms with Crippen LogP contribution < -0.4 is 10.6 Å². The van der Waals surface area contributed by atoms with E-state index in [4.69, 9.17) is 16.0 Å². The lowest BCUT2D eigenvalue weighted by molar-refractivity contribution is 0.0952. The fourth-order valence-electron chi connectivity index (χ4n) is 1.91. The van der Waals surface area contributed by atoms with Gasteiger partial charge in [0.25, 0.3) is 5.91 Å². The number of carbonyl (C=O) groups excluding carboxylic acids is 1. The minimum Gasteiger partial charge on any atom is -0.452 e. The maximum atomic E-state index is 11.6. The van der Waals surface area contributed by atoms with Crippen LogP contribution in [0, 0.1) is 0 Å². The first-order valence-electron chi connectivity index (χ1n) is 5.52. The molecule has 1 amide bonds. The fraction of sp³-hybridized carbons (Fsp3) is 0.545. The number of nitrogens with one attached hydrogen (secondary N) is 2. The Labute approximate surface area is 99.3 Å². The summed E-state index contributed by atoms with van der Waals surface area (Å²) in [4.78, 5) is 11.6. The summed E-state index contributed by atoms with van der Waals surface area (Å²) in [6, 6.07) is 2.12. The van der Waals surface area contributed by atoms with Gasteiger partial charge >= 0.3 is 0 Å². The predicted octanol–water partition coefficient (Wildman–Crippen LogP) is 1.80. The van der Waals surface area contributed by atoms with E-state index in [0.29, 0.717) is 18.2 Å². The van der Waals surface area contributed by atoms with E-state index in [1.807, 2.05) is 0 Å². The average molecular weight is 243 g/mol. The first-order chi connectivity index (χ1) is 7.77. The molecule has 0 aromatic carbocycles. The zero-order valence-corrected chi connectivity index (χ0v) is 9.72. The Morgan fingerprint density at radius 2 is 2.56 bits per heavy atom. The first-order valence-corrected chi connectivity index (χ1v) is 5.90. The monoisotopic (exact) mass is 242 g/mol. The minimum atomic E-state index is -0.170. The lowest BCUT2D eigenvalue weighted by atomic mass is 10.1. The summed E-state index contributed by atoms with van der Waals surface area (Å²) >= 11 is 5.70. The van der Waals surface area contributed by atoms with Crippen molar-refractivity contribution in [3.63, 3.8) is 0 Å². The van der Waals surface area contributed by atoms with Crippen LogP contribution in [0.4, 0.5) is 0 Å². The normalized spacial score (nSPS) is 19.9. The smallest absolute Gasteiger partial charge is 0.256 e. The molecule has 5 heteroatoms. The third-order valence-electron chi connectivity index (χ3n) is 2.80. The Morgan fingerprint density at radius 1 is 1.69 bits per heavy atom. The molecule has 1 aromatic rings. The molecular formula is C11H15ClN2O2. The van der Waals surface area contributed by atoms with Crippen molar-refractivity contribution in [1.82, 2.24) is 10.6 Å². The van der Waals surface area contributed by atoms with Crippen molar-refractivity contribution in [2.75, 3.05) is 13.1 Å². The van der Waals surface area contributed by atoms with Gasteiger partial charge in [-0.15, -0.1) is 0 Å². The molecule has 16 heavy (non-hydrogen) atoms. The molecule has 2 heterocycles. The summed E-state index contributed by atoms with van der Waals surface area (Å²) in [6.07, 6.45) is 4.80. The highest BCUT2D eigenvalue weighted by Crippen LogP contribution is 2.16. The second kappa shape index (κ2) is 5.37. The first kappa shape index (κ1) is 11.5. The molecule has 1 saturated heterocycles. The standard InChI is InChI=1S/C11H15ClN2O2/c12-10-9(4-7-16-10)11(15)14-6-3-8-2-1-5-13-8/h4,7-8,13H,1-3,5-6H2,(H,14,15). The van der Waals surface area contributed by atoms with Crippen molar-refractivity contribution < 1.29 is 9.21 Å². The SMILES string of the molecule is O=C(NCCC1CCCN1)c1ccoc1Cl. The molecule has 0 spiro atoms. The largest absolute Gasteiger partial charge is 0.452 e. The molecule has 0 saturated carbocycles. The van der Waals surface area contributed by atoms with Gasteiger partial charge in [-0.05, 0) is 43.5 Å². The van der Waals surface area contributed by atoms with Crippen molar-refractivity contribution in [2.45, 2.75) is 25.3 Å². The summed E-state index contributed by atoms with van der Waals surface area (Å²) in [5.41, 5.74) is 0.404. The number of carbonyl (C=O) groups is 1. The summed E-state index contributed by atoms with van der Waals surface area (Å²) in [5.74, 6) is -0.170. The summed E-state index contributed by atoms with van der Waals surface area (Å²) in [6.45, 7) is 1.75. The van der Waals surface area contributed by atoms with E-state index in [0.717, 1.165) is 13.0 Å². The minimum absolute atomic E-state index is 0.150. The highest BCUT2D eigenvalue weighted by atomic mass is 35.5. The van der Waals surface area contributed by atoms with Gasteiger partial charge in [-0.25, -0.2) is 0 Å². The number of amides is 1. The highest BCUT2D eigenvalue weighted by molar-refractivity contribution is 6.32. The molecule has 0 bridgehead atoms. The third-order valence-corrected chi connectivity index (χ3v) is 3.10. The molecule has 1 aromatic heterocycles. The number of furan rings is 1. The summed E-state index contributed by atoms with van der Waals surface area (Å²) in [7, 11) is 0. The van der Waals surface area contributed by atoms with Gasteiger partial charge in [-0.3, -0.25) is 4.79 Å². The van der Waals surface area contributed by atoms with Crippen molar-refractivity contribution in [2.24, 2.45) is 0 Å². The quantitative estimate of drug-likeness (QED) is 0.847. The number of hydrogen-bond acceptors (Lipinski definition) is 3. The molecule has 88 valence electrons. The molecule has 1 atom stereocenters. The lowest BCUT2D eigenvalue weighted by Crippen LogP contribution is -2.30. The Hall–Kier alpha value is -1.00. The molecular weight excluding hydrogens is 228 g/mol. The van der Waals surface area contributed by atoms with Crippen LogP contribution in [0.25, 0.3) is 0 Å². The molecule has 0 radical (unpaired) electrons. The summed E-state index contributed by atoms with van der Waals surface area (Å²) < 4.78 is 4.86. The Morgan fingerprint density at radius 3 is 3.19 bits per heavy atom. The predicted molar refractivity (Wildman–Crippen MR) is 61.7 cm³/mol. The number of hydrogen-bond donors (Lipinski definition) is 2. The zero-order chi connectivity index (χ0) is 11.4. The van der Waals surface area contributed by atoms with Gasteiger partial charge in [0.1, 0.15) is 0 Å². The number of rotatable bonds is 4. The zero-order valence-electron chi connectivity index (χ0n) is 8.96. The van der Waals surface area contributed by atoms with Crippen molar-refractivity contribution in [3.8, 4) is 0 Å². The molecule has 4 nitrogen and oxygen atoms in total. The van der Waals surface area contributed by atoms with E-state index in [1.165, 1.54) is 19.1 Å². The van der Waals surface area contributed by atoms with Gasteiger partial charge < -0.3 is 15.1 Å². The lowest BCUT2D eigenvalue weighted by Gasteiger charge is -2.10. The Balaban J connectivity index is 1.73. The van der Waals surface area contributed by atoms with E-state index >= 15 is 0 Å². The van der Waals surface area contributed by atoms with Crippen LogP contribution in [0.5, 0.6) is 0 Å². The van der Waals surface area contributed by atoms with Gasteiger partial charge in [-0.1, -0.05) is 0 Å². The summed E-state index contributed by atoms with van der Waals surface area (Å²) in [5, 5.41) is 6.36. The third kappa shape index (κ3) is 2.77. The van der Waals surface area contributed by atoms with Crippen LogP contribution in [0.3, 0.4) is 0 Å². The van der Waals surface area contributed by atoms with Crippen LogP contribution in [0.15, 0.2) is 16.7 Å². The van der Waals surface area contributed by atoms with E-state index in [2.05, 4.69) is 10.6 Å². The fourth-order valence-corrected chi connectivity index (χ4v) is 2.11. The maximum absolute atomic E-state index is 11.6. The van der Waals surface area contributed by atoms with Crippen molar-refractivity contribution in [1.29, 1.82) is 0 Å². The van der Waals surface area contributed by atoms with Crippen molar-refractivity contribution >= 4 is 17.5 Å². The van der Waals surface area contributed by atoms with Crippen LogP contribution >= 0.6 is 11.6 Å². The second-order valence-corrected chi connectivity index (χ2v) is 4.29. The second-order valence-electron chi connectivity index (χ2n) is 3.95. The molecule has 2 rings (SSSR count). The van der Waals surface area contributed by atoms with E-state index in [9.17, 15) is 4.79 Å². The van der Waals surface area contributed by atoms with Gasteiger partial charge in [0, 0.05) is 12.6 Å². The average Bonchev–Trinajstić information content (AvgIpc) is 2.88. The topological polar surface area (TPSA) is 54.3 Å². The van der Waals surface area contributed by atoms with Crippen molar-refractivity contribution in [3.05, 3.63) is 23.1 Å². The Bertz CT molecular complexity index is 359.